The van der Waals surface area contributed by atoms with E-state index in [9.17, 15) is 9.59 Å². The maximum Gasteiger partial charge on any atom is 0.410 e. The molecular formula is C19H34N4O4. The predicted molar refractivity (Wildman–Crippen MR) is 104 cm³/mol. The lowest BCUT2D eigenvalue weighted by atomic mass is 9.99. The van der Waals surface area contributed by atoms with Gasteiger partial charge >= 0.3 is 12.1 Å². The van der Waals surface area contributed by atoms with Crippen LogP contribution in [-0.2, 0) is 14.3 Å². The van der Waals surface area contributed by atoms with Crippen LogP contribution in [0.15, 0.2) is 4.99 Å². The fourth-order valence-electron chi connectivity index (χ4n) is 3.35. The van der Waals surface area contributed by atoms with Crippen molar-refractivity contribution in [1.29, 1.82) is 0 Å². The largest absolute Gasteiger partial charge is 0.469 e. The molecule has 1 aliphatic heterocycles. The Bertz CT molecular complexity index is 569. The zero-order valence-corrected chi connectivity index (χ0v) is 17.4. The van der Waals surface area contributed by atoms with E-state index in [0.29, 0.717) is 19.6 Å². The number of likely N-dealkylation sites (tertiary alicyclic amines) is 1. The monoisotopic (exact) mass is 382 g/mol. The average Bonchev–Trinajstić information content (AvgIpc) is 3.34. The van der Waals surface area contributed by atoms with Gasteiger partial charge in [0.05, 0.1) is 13.0 Å². The molecule has 2 fully saturated rings. The second-order valence-corrected chi connectivity index (χ2v) is 8.39. The zero-order chi connectivity index (χ0) is 20.2. The summed E-state index contributed by atoms with van der Waals surface area (Å²) in [7, 11) is 3.15. The van der Waals surface area contributed by atoms with E-state index in [1.807, 2.05) is 27.7 Å². The Hall–Kier alpha value is -1.99. The summed E-state index contributed by atoms with van der Waals surface area (Å²) in [6.07, 6.45) is 1.79. The minimum atomic E-state index is -0.498. The number of ether oxygens (including phenoxy) is 2. The molecule has 1 saturated carbocycles. The lowest BCUT2D eigenvalue weighted by Crippen LogP contribution is -2.46. The number of carbonyl (C=O) groups excluding carboxylic acids is 2. The van der Waals surface area contributed by atoms with E-state index in [0.717, 1.165) is 25.3 Å². The summed E-state index contributed by atoms with van der Waals surface area (Å²) in [5, 5.41) is 3.31. The van der Waals surface area contributed by atoms with Gasteiger partial charge in [-0.25, -0.2) is 4.79 Å². The molecule has 0 bridgehead atoms. The summed E-state index contributed by atoms with van der Waals surface area (Å²) < 4.78 is 10.4. The first-order valence-electron chi connectivity index (χ1n) is 9.69. The van der Waals surface area contributed by atoms with E-state index in [2.05, 4.69) is 15.2 Å². The number of amides is 1. The molecule has 1 saturated heterocycles. The van der Waals surface area contributed by atoms with Gasteiger partial charge in [-0.05, 0) is 39.5 Å². The van der Waals surface area contributed by atoms with E-state index in [1.165, 1.54) is 7.11 Å². The molecule has 0 aromatic carbocycles. The van der Waals surface area contributed by atoms with Crippen molar-refractivity contribution in [2.75, 3.05) is 40.3 Å². The zero-order valence-electron chi connectivity index (χ0n) is 17.4. The first-order valence-corrected chi connectivity index (χ1v) is 9.69. The summed E-state index contributed by atoms with van der Waals surface area (Å²) in [6.45, 7) is 10.2. The van der Waals surface area contributed by atoms with Gasteiger partial charge < -0.3 is 24.6 Å². The van der Waals surface area contributed by atoms with Gasteiger partial charge in [0.15, 0.2) is 5.96 Å². The van der Waals surface area contributed by atoms with Gasteiger partial charge in [0.2, 0.25) is 0 Å². The molecule has 0 aromatic rings. The molecule has 27 heavy (non-hydrogen) atoms. The summed E-state index contributed by atoms with van der Waals surface area (Å²) in [6, 6.07) is 0.277. The number of nitrogens with zero attached hydrogens (tertiary/aromatic N) is 3. The predicted octanol–water partition coefficient (Wildman–Crippen LogP) is 1.70. The van der Waals surface area contributed by atoms with Gasteiger partial charge in [0.1, 0.15) is 5.60 Å². The average molecular weight is 383 g/mol. The fourth-order valence-corrected chi connectivity index (χ4v) is 3.35. The standard InChI is InChI=1S/C19H34N4O4/c1-13-11-22(12-15(13)16(24)26-6)17(20-5)21-9-10-23(14-7-8-14)18(25)27-19(2,3)4/h13-15H,7-12H2,1-6H3,(H,20,21). The lowest BCUT2D eigenvalue weighted by molar-refractivity contribution is -0.146. The van der Waals surface area contributed by atoms with Crippen molar-refractivity contribution in [2.45, 2.75) is 52.2 Å². The van der Waals surface area contributed by atoms with Crippen LogP contribution in [0.3, 0.4) is 0 Å². The maximum atomic E-state index is 12.4. The van der Waals surface area contributed by atoms with E-state index in [1.54, 1.807) is 11.9 Å². The molecule has 0 spiro atoms. The van der Waals surface area contributed by atoms with Crippen LogP contribution in [0, 0.1) is 11.8 Å². The number of rotatable bonds is 5. The molecule has 2 atom stereocenters. The van der Waals surface area contributed by atoms with Crippen LogP contribution in [0.1, 0.15) is 40.5 Å². The third-order valence-electron chi connectivity index (χ3n) is 4.88. The Balaban J connectivity index is 1.86. The van der Waals surface area contributed by atoms with Crippen molar-refractivity contribution in [3.63, 3.8) is 0 Å². The highest BCUT2D eigenvalue weighted by Gasteiger charge is 2.37. The van der Waals surface area contributed by atoms with Crippen molar-refractivity contribution in [3.8, 4) is 0 Å². The summed E-state index contributed by atoms with van der Waals surface area (Å²) in [5.74, 6) is 0.637. The third-order valence-corrected chi connectivity index (χ3v) is 4.88. The number of nitrogens with one attached hydrogen (secondary N) is 1. The Morgan fingerprint density at radius 2 is 1.93 bits per heavy atom. The first-order chi connectivity index (χ1) is 12.7. The van der Waals surface area contributed by atoms with Crippen molar-refractivity contribution in [3.05, 3.63) is 0 Å². The fraction of sp³-hybridized carbons (Fsp3) is 0.842. The Kier molecular flexibility index (Phi) is 6.95. The van der Waals surface area contributed by atoms with E-state index in [-0.39, 0.29) is 29.9 Å². The number of hydrogen-bond donors (Lipinski definition) is 1. The van der Waals surface area contributed by atoms with Crippen LogP contribution in [0.4, 0.5) is 4.79 Å². The van der Waals surface area contributed by atoms with Crippen LogP contribution in [0.5, 0.6) is 0 Å². The molecule has 0 radical (unpaired) electrons. The molecule has 0 aromatic heterocycles. The van der Waals surface area contributed by atoms with Gasteiger partial charge in [-0.2, -0.15) is 0 Å². The van der Waals surface area contributed by atoms with Gasteiger partial charge in [0.25, 0.3) is 0 Å². The summed E-state index contributed by atoms with van der Waals surface area (Å²) in [5.41, 5.74) is -0.498. The summed E-state index contributed by atoms with van der Waals surface area (Å²) >= 11 is 0. The normalized spacial score (nSPS) is 23.2. The molecule has 1 N–H and O–H groups in total. The number of methoxy groups -OCH3 is 1. The lowest BCUT2D eigenvalue weighted by Gasteiger charge is -2.28. The molecule has 2 rings (SSSR count). The van der Waals surface area contributed by atoms with Crippen molar-refractivity contribution < 1.29 is 19.1 Å². The van der Waals surface area contributed by atoms with Crippen molar-refractivity contribution in [1.82, 2.24) is 15.1 Å². The van der Waals surface area contributed by atoms with Crippen molar-refractivity contribution in [2.24, 2.45) is 16.8 Å². The van der Waals surface area contributed by atoms with Crippen LogP contribution >= 0.6 is 0 Å². The second-order valence-electron chi connectivity index (χ2n) is 8.39. The molecule has 154 valence electrons. The van der Waals surface area contributed by atoms with Gasteiger partial charge in [-0.3, -0.25) is 9.79 Å². The molecule has 1 amide bonds. The highest BCUT2D eigenvalue weighted by Crippen LogP contribution is 2.28. The number of esters is 1. The Labute approximate surface area is 162 Å². The maximum absolute atomic E-state index is 12.4. The SMILES string of the molecule is CN=C(NCCN(C(=O)OC(C)(C)C)C1CC1)N1CC(C)C(C(=O)OC)C1. The highest BCUT2D eigenvalue weighted by molar-refractivity contribution is 5.82. The molecule has 1 aliphatic carbocycles. The van der Waals surface area contributed by atoms with Crippen LogP contribution in [0.25, 0.3) is 0 Å². The van der Waals surface area contributed by atoms with Gasteiger partial charge in [-0.1, -0.05) is 6.92 Å². The van der Waals surface area contributed by atoms with Crippen LogP contribution in [-0.4, -0.2) is 79.8 Å². The second kappa shape index (κ2) is 8.80. The number of guanidine groups is 1. The van der Waals surface area contributed by atoms with Gasteiger partial charge in [-0.15, -0.1) is 0 Å². The minimum Gasteiger partial charge on any atom is -0.469 e. The van der Waals surface area contributed by atoms with Crippen LogP contribution < -0.4 is 5.32 Å². The molecule has 2 unspecified atom stereocenters. The van der Waals surface area contributed by atoms with Crippen LogP contribution in [0.2, 0.25) is 0 Å². The quantitative estimate of drug-likeness (QED) is 0.443. The molecular weight excluding hydrogens is 348 g/mol. The summed E-state index contributed by atoms with van der Waals surface area (Å²) in [4.78, 5) is 32.5. The van der Waals surface area contributed by atoms with E-state index >= 15 is 0 Å². The number of carbonyl (C=O) groups is 2. The smallest absolute Gasteiger partial charge is 0.410 e. The molecule has 2 aliphatic rings. The molecule has 8 heteroatoms. The molecule has 8 nitrogen and oxygen atoms in total. The Morgan fingerprint density at radius 3 is 2.44 bits per heavy atom. The van der Waals surface area contributed by atoms with E-state index in [4.69, 9.17) is 9.47 Å². The van der Waals surface area contributed by atoms with Crippen molar-refractivity contribution >= 4 is 18.0 Å². The number of aliphatic imine (C=N–C) groups is 1. The van der Waals surface area contributed by atoms with Gasteiger partial charge in [0, 0.05) is 39.3 Å². The number of hydrogen-bond acceptors (Lipinski definition) is 5. The molecule has 1 heterocycles. The first kappa shape index (κ1) is 21.3. The third kappa shape index (κ3) is 6.01. The minimum absolute atomic E-state index is 0.140. The topological polar surface area (TPSA) is 83.5 Å². The van der Waals surface area contributed by atoms with E-state index < -0.39 is 5.60 Å². The highest BCUT2D eigenvalue weighted by atomic mass is 16.6. The Morgan fingerprint density at radius 1 is 1.26 bits per heavy atom.